The van der Waals surface area contributed by atoms with E-state index in [9.17, 15) is 4.79 Å². The van der Waals surface area contributed by atoms with Crippen molar-refractivity contribution in [3.05, 3.63) is 40.3 Å². The molecule has 0 saturated heterocycles. The molecule has 1 aromatic carbocycles. The third-order valence-corrected chi connectivity index (χ3v) is 4.10. The summed E-state index contributed by atoms with van der Waals surface area (Å²) in [6.07, 6.45) is 0. The molecule has 0 aliphatic heterocycles. The first-order valence-electron chi connectivity index (χ1n) is 5.29. The van der Waals surface area contributed by atoms with E-state index in [1.54, 1.807) is 11.6 Å². The van der Waals surface area contributed by atoms with E-state index < -0.39 is 0 Å². The fourth-order valence-electron chi connectivity index (χ4n) is 1.58. The fourth-order valence-corrected chi connectivity index (χ4v) is 2.98. The number of nitrogens with one attached hydrogen (secondary N) is 1. The zero-order valence-electron chi connectivity index (χ0n) is 9.51. The van der Waals surface area contributed by atoms with Gasteiger partial charge in [-0.15, -0.1) is 22.7 Å². The molecule has 2 heterocycles. The van der Waals surface area contributed by atoms with Gasteiger partial charge in [-0.2, -0.15) is 0 Å². The Morgan fingerprint density at radius 1 is 1.33 bits per heavy atom. The second-order valence-electron chi connectivity index (χ2n) is 3.78. The third kappa shape index (κ3) is 2.12. The Bertz CT molecular complexity index is 717. The molecule has 1 N–H and O–H groups in total. The van der Waals surface area contributed by atoms with Crippen molar-refractivity contribution in [2.24, 2.45) is 0 Å². The van der Waals surface area contributed by atoms with E-state index in [1.807, 2.05) is 24.4 Å². The second-order valence-corrected chi connectivity index (χ2v) is 5.53. The van der Waals surface area contributed by atoms with Crippen LogP contribution in [0.25, 0.3) is 10.2 Å². The topological polar surface area (TPSA) is 54.9 Å². The number of benzene rings is 1. The van der Waals surface area contributed by atoms with Crippen LogP contribution in [0, 0.1) is 6.92 Å². The van der Waals surface area contributed by atoms with Crippen molar-refractivity contribution in [2.45, 2.75) is 6.92 Å². The Morgan fingerprint density at radius 2 is 2.22 bits per heavy atom. The number of amides is 1. The lowest BCUT2D eigenvalue weighted by Gasteiger charge is -2.01. The average Bonchev–Trinajstić information content (AvgIpc) is 2.96. The number of aryl methyl sites for hydroxylation is 1. The Labute approximate surface area is 111 Å². The third-order valence-electron chi connectivity index (χ3n) is 2.43. The number of rotatable bonds is 2. The molecule has 0 saturated carbocycles. The molecule has 0 bridgehead atoms. The Kier molecular flexibility index (Phi) is 2.81. The quantitative estimate of drug-likeness (QED) is 0.780. The molecule has 0 unspecified atom stereocenters. The maximum absolute atomic E-state index is 12.0. The van der Waals surface area contributed by atoms with Gasteiger partial charge in [0.2, 0.25) is 0 Å². The van der Waals surface area contributed by atoms with Gasteiger partial charge >= 0.3 is 0 Å². The van der Waals surface area contributed by atoms with Crippen molar-refractivity contribution in [3.63, 3.8) is 0 Å². The predicted molar refractivity (Wildman–Crippen MR) is 74.4 cm³/mol. The molecule has 0 radical (unpaired) electrons. The Balaban J connectivity index is 1.87. The molecule has 4 nitrogen and oxygen atoms in total. The number of carbonyl (C=O) groups is 1. The van der Waals surface area contributed by atoms with Gasteiger partial charge in [-0.1, -0.05) is 0 Å². The molecule has 0 fully saturated rings. The van der Waals surface area contributed by atoms with Gasteiger partial charge in [-0.25, -0.2) is 9.97 Å². The van der Waals surface area contributed by atoms with Crippen LogP contribution in [-0.2, 0) is 0 Å². The minimum atomic E-state index is -0.139. The number of thiazole rings is 2. The van der Waals surface area contributed by atoms with Crippen LogP contribution >= 0.6 is 22.7 Å². The number of fused-ring (bicyclic) bond motifs is 1. The normalized spacial score (nSPS) is 10.7. The van der Waals surface area contributed by atoms with Crippen molar-refractivity contribution in [1.82, 2.24) is 9.97 Å². The molecule has 18 heavy (non-hydrogen) atoms. The molecule has 0 aliphatic rings. The molecular formula is C12H9N3OS2. The Hall–Kier alpha value is -1.79. The van der Waals surface area contributed by atoms with Crippen LogP contribution in [0.5, 0.6) is 0 Å². The van der Waals surface area contributed by atoms with Crippen molar-refractivity contribution in [1.29, 1.82) is 0 Å². The number of carbonyl (C=O) groups excluding carboxylic acids is 1. The minimum absolute atomic E-state index is 0.139. The van der Waals surface area contributed by atoms with Crippen molar-refractivity contribution in [2.75, 3.05) is 5.32 Å². The largest absolute Gasteiger partial charge is 0.298 e. The van der Waals surface area contributed by atoms with Crippen molar-refractivity contribution < 1.29 is 4.79 Å². The summed E-state index contributed by atoms with van der Waals surface area (Å²) in [5.41, 5.74) is 4.23. The van der Waals surface area contributed by atoms with Gasteiger partial charge < -0.3 is 0 Å². The molecule has 0 atom stereocenters. The fraction of sp³-hybridized carbons (Fsp3) is 0.0833. The number of hydrogen-bond donors (Lipinski definition) is 1. The van der Waals surface area contributed by atoms with Crippen molar-refractivity contribution in [3.8, 4) is 0 Å². The summed E-state index contributed by atoms with van der Waals surface area (Å²) in [6.45, 7) is 1.90. The predicted octanol–water partition coefficient (Wildman–Crippen LogP) is 3.31. The average molecular weight is 275 g/mol. The van der Waals surface area contributed by atoms with E-state index >= 15 is 0 Å². The van der Waals surface area contributed by atoms with E-state index in [4.69, 9.17) is 0 Å². The summed E-state index contributed by atoms with van der Waals surface area (Å²) in [5, 5.41) is 5.32. The molecule has 1 amide bonds. The molecule has 6 heteroatoms. The molecule has 0 spiro atoms. The highest BCUT2D eigenvalue weighted by Crippen LogP contribution is 2.20. The minimum Gasteiger partial charge on any atom is -0.298 e. The van der Waals surface area contributed by atoms with E-state index in [0.29, 0.717) is 10.7 Å². The Morgan fingerprint density at radius 3 is 3.00 bits per heavy atom. The number of anilines is 1. The van der Waals surface area contributed by atoms with Gasteiger partial charge in [0.15, 0.2) is 5.13 Å². The van der Waals surface area contributed by atoms with Crippen LogP contribution in [0.4, 0.5) is 5.13 Å². The van der Waals surface area contributed by atoms with E-state index in [2.05, 4.69) is 15.3 Å². The smallest absolute Gasteiger partial charge is 0.257 e. The van der Waals surface area contributed by atoms with Crippen molar-refractivity contribution >= 4 is 43.9 Å². The molecule has 90 valence electrons. The van der Waals surface area contributed by atoms with E-state index in [1.165, 1.54) is 22.7 Å². The highest BCUT2D eigenvalue weighted by Gasteiger charge is 2.09. The van der Waals surface area contributed by atoms with E-state index in [-0.39, 0.29) is 5.91 Å². The lowest BCUT2D eigenvalue weighted by Crippen LogP contribution is -2.11. The van der Waals surface area contributed by atoms with Gasteiger partial charge in [0.1, 0.15) is 0 Å². The molecule has 2 aromatic heterocycles. The monoisotopic (exact) mass is 275 g/mol. The lowest BCUT2D eigenvalue weighted by molar-refractivity contribution is 0.102. The first-order chi connectivity index (χ1) is 8.72. The van der Waals surface area contributed by atoms with Crippen LogP contribution in [0.2, 0.25) is 0 Å². The zero-order valence-corrected chi connectivity index (χ0v) is 11.1. The highest BCUT2D eigenvalue weighted by atomic mass is 32.1. The molecular weight excluding hydrogens is 266 g/mol. The lowest BCUT2D eigenvalue weighted by atomic mass is 10.2. The van der Waals surface area contributed by atoms with Gasteiger partial charge in [-0.05, 0) is 25.1 Å². The van der Waals surface area contributed by atoms with Gasteiger partial charge in [0, 0.05) is 10.9 Å². The molecule has 0 aliphatic carbocycles. The summed E-state index contributed by atoms with van der Waals surface area (Å²) >= 11 is 2.95. The van der Waals surface area contributed by atoms with Crippen LogP contribution in [-0.4, -0.2) is 15.9 Å². The number of hydrogen-bond acceptors (Lipinski definition) is 5. The zero-order chi connectivity index (χ0) is 12.5. The summed E-state index contributed by atoms with van der Waals surface area (Å²) < 4.78 is 1.01. The van der Waals surface area contributed by atoms with Gasteiger partial charge in [-0.3, -0.25) is 10.1 Å². The SMILES string of the molecule is Cc1csc(NC(=O)c2ccc3ncsc3c2)n1. The maximum atomic E-state index is 12.0. The van der Waals surface area contributed by atoms with Crippen LogP contribution < -0.4 is 5.32 Å². The van der Waals surface area contributed by atoms with Gasteiger partial charge in [0.25, 0.3) is 5.91 Å². The summed E-state index contributed by atoms with van der Waals surface area (Å²) in [6, 6.07) is 5.48. The number of nitrogens with zero attached hydrogens (tertiary/aromatic N) is 2. The standard InChI is InChI=1S/C12H9N3OS2/c1-7-5-17-12(14-7)15-11(16)8-2-3-9-10(4-8)18-6-13-9/h2-6H,1H3,(H,14,15,16). The first kappa shape index (κ1) is 11.3. The highest BCUT2D eigenvalue weighted by molar-refractivity contribution is 7.16. The van der Waals surface area contributed by atoms with Crippen LogP contribution in [0.3, 0.4) is 0 Å². The van der Waals surface area contributed by atoms with E-state index in [0.717, 1.165) is 15.9 Å². The molecule has 3 rings (SSSR count). The second kappa shape index (κ2) is 4.47. The maximum Gasteiger partial charge on any atom is 0.257 e. The molecule has 3 aromatic rings. The van der Waals surface area contributed by atoms with Crippen LogP contribution in [0.1, 0.15) is 16.1 Å². The summed E-state index contributed by atoms with van der Waals surface area (Å²) in [7, 11) is 0. The summed E-state index contributed by atoms with van der Waals surface area (Å²) in [5.74, 6) is -0.139. The van der Waals surface area contributed by atoms with Crippen LogP contribution in [0.15, 0.2) is 29.1 Å². The number of aromatic nitrogens is 2. The first-order valence-corrected chi connectivity index (χ1v) is 7.05. The van der Waals surface area contributed by atoms with Gasteiger partial charge in [0.05, 0.1) is 21.4 Å². The summed E-state index contributed by atoms with van der Waals surface area (Å²) in [4.78, 5) is 20.4.